The first-order valence-electron chi connectivity index (χ1n) is 4.44. The van der Waals surface area contributed by atoms with Gasteiger partial charge in [0.25, 0.3) is 0 Å². The molecule has 3 N–H and O–H groups in total. The van der Waals surface area contributed by atoms with Crippen LogP contribution >= 0.6 is 0 Å². The molecule has 0 radical (unpaired) electrons. The summed E-state index contributed by atoms with van der Waals surface area (Å²) in [4.78, 5) is 0. The first-order chi connectivity index (χ1) is 6.20. The van der Waals surface area contributed by atoms with Crippen LogP contribution in [-0.2, 0) is 9.47 Å². The standard InChI is InChI=1S/C8H16O5/c1-2-3-12-7-6(10)5(4-9)13-8(7)11/h5-11H,2-4H2,1H3/t5-,6-,7-,8?/m1/s1. The minimum atomic E-state index is -1.14. The normalized spacial score (nSPS) is 39.7. The highest BCUT2D eigenvalue weighted by Gasteiger charge is 2.43. The Morgan fingerprint density at radius 3 is 2.54 bits per heavy atom. The van der Waals surface area contributed by atoms with Gasteiger partial charge in [-0.3, -0.25) is 0 Å². The van der Waals surface area contributed by atoms with Crippen molar-refractivity contribution in [1.29, 1.82) is 0 Å². The number of hydrogen-bond acceptors (Lipinski definition) is 5. The third-order valence-corrected chi connectivity index (χ3v) is 2.01. The van der Waals surface area contributed by atoms with E-state index >= 15 is 0 Å². The molecular weight excluding hydrogens is 176 g/mol. The largest absolute Gasteiger partial charge is 0.394 e. The lowest BCUT2D eigenvalue weighted by Crippen LogP contribution is -2.36. The predicted octanol–water partition coefficient (Wildman–Crippen LogP) is -1.15. The maximum absolute atomic E-state index is 9.48. The molecule has 0 aromatic carbocycles. The second-order valence-electron chi connectivity index (χ2n) is 3.07. The number of hydrogen-bond donors (Lipinski definition) is 3. The lowest BCUT2D eigenvalue weighted by molar-refractivity contribution is -0.147. The Hall–Kier alpha value is -0.200. The van der Waals surface area contributed by atoms with Gasteiger partial charge in [0, 0.05) is 6.61 Å². The van der Waals surface area contributed by atoms with Gasteiger partial charge in [-0.1, -0.05) is 6.92 Å². The van der Waals surface area contributed by atoms with Gasteiger partial charge in [-0.15, -0.1) is 0 Å². The lowest BCUT2D eigenvalue weighted by Gasteiger charge is -2.16. The third-order valence-electron chi connectivity index (χ3n) is 2.01. The fraction of sp³-hybridized carbons (Fsp3) is 1.00. The molecule has 0 spiro atoms. The molecule has 0 bridgehead atoms. The van der Waals surface area contributed by atoms with Crippen LogP contribution in [0.5, 0.6) is 0 Å². The molecular formula is C8H16O5. The fourth-order valence-corrected chi connectivity index (χ4v) is 1.30. The Bertz CT molecular complexity index is 151. The van der Waals surface area contributed by atoms with Gasteiger partial charge in [-0.05, 0) is 6.42 Å². The molecule has 0 aromatic rings. The van der Waals surface area contributed by atoms with Crippen LogP contribution < -0.4 is 0 Å². The molecule has 5 heteroatoms. The summed E-state index contributed by atoms with van der Waals surface area (Å²) >= 11 is 0. The molecule has 5 nitrogen and oxygen atoms in total. The van der Waals surface area contributed by atoms with Crippen LogP contribution in [0.15, 0.2) is 0 Å². The Morgan fingerprint density at radius 1 is 1.38 bits per heavy atom. The maximum Gasteiger partial charge on any atom is 0.184 e. The molecule has 1 unspecified atom stereocenters. The van der Waals surface area contributed by atoms with E-state index in [4.69, 9.17) is 14.6 Å². The highest BCUT2D eigenvalue weighted by atomic mass is 16.7. The quantitative estimate of drug-likeness (QED) is 0.524. The maximum atomic E-state index is 9.48. The van der Waals surface area contributed by atoms with Gasteiger partial charge in [-0.2, -0.15) is 0 Å². The molecule has 1 aliphatic rings. The zero-order chi connectivity index (χ0) is 9.84. The molecule has 13 heavy (non-hydrogen) atoms. The van der Waals surface area contributed by atoms with Gasteiger partial charge in [0.1, 0.15) is 18.3 Å². The van der Waals surface area contributed by atoms with Gasteiger partial charge in [0.15, 0.2) is 6.29 Å². The third kappa shape index (κ3) is 2.38. The summed E-state index contributed by atoms with van der Waals surface area (Å²) in [7, 11) is 0. The van der Waals surface area contributed by atoms with Crippen LogP contribution in [0.25, 0.3) is 0 Å². The van der Waals surface area contributed by atoms with Gasteiger partial charge in [0.2, 0.25) is 0 Å². The second-order valence-corrected chi connectivity index (χ2v) is 3.07. The number of ether oxygens (including phenoxy) is 2. The molecule has 4 atom stereocenters. The molecule has 1 aliphatic heterocycles. The summed E-state index contributed by atoms with van der Waals surface area (Å²) in [5, 5.41) is 27.5. The van der Waals surface area contributed by atoms with Gasteiger partial charge in [0.05, 0.1) is 6.61 Å². The molecule has 0 aliphatic carbocycles. The second kappa shape index (κ2) is 4.88. The van der Waals surface area contributed by atoms with E-state index in [1.54, 1.807) is 0 Å². The first-order valence-corrected chi connectivity index (χ1v) is 4.44. The van der Waals surface area contributed by atoms with Crippen LogP contribution in [0.4, 0.5) is 0 Å². The van der Waals surface area contributed by atoms with Crippen LogP contribution in [-0.4, -0.2) is 53.1 Å². The smallest absolute Gasteiger partial charge is 0.184 e. The average Bonchev–Trinajstić information content (AvgIpc) is 2.39. The zero-order valence-corrected chi connectivity index (χ0v) is 7.59. The van der Waals surface area contributed by atoms with Crippen molar-refractivity contribution in [3.05, 3.63) is 0 Å². The lowest BCUT2D eigenvalue weighted by atomic mass is 10.1. The summed E-state index contributed by atoms with van der Waals surface area (Å²) in [5.74, 6) is 0. The summed E-state index contributed by atoms with van der Waals surface area (Å²) in [5.41, 5.74) is 0. The Morgan fingerprint density at radius 2 is 2.08 bits per heavy atom. The summed E-state index contributed by atoms with van der Waals surface area (Å²) in [6.45, 7) is 2.07. The topological polar surface area (TPSA) is 79.2 Å². The number of rotatable bonds is 4. The zero-order valence-electron chi connectivity index (χ0n) is 7.59. The number of aliphatic hydroxyl groups excluding tert-OH is 3. The predicted molar refractivity (Wildman–Crippen MR) is 44.0 cm³/mol. The van der Waals surface area contributed by atoms with Gasteiger partial charge in [-0.25, -0.2) is 0 Å². The van der Waals surface area contributed by atoms with E-state index in [0.29, 0.717) is 6.61 Å². The molecule has 78 valence electrons. The molecule has 0 aromatic heterocycles. The van der Waals surface area contributed by atoms with Crippen LogP contribution in [0.3, 0.4) is 0 Å². The monoisotopic (exact) mass is 192 g/mol. The Labute approximate surface area is 76.9 Å². The van der Waals surface area contributed by atoms with Crippen LogP contribution in [0.2, 0.25) is 0 Å². The average molecular weight is 192 g/mol. The van der Waals surface area contributed by atoms with Crippen molar-refractivity contribution in [3.63, 3.8) is 0 Å². The SMILES string of the molecule is CCCO[C@H]1C(O)O[C@H](CO)[C@H]1O. The van der Waals surface area contributed by atoms with E-state index in [0.717, 1.165) is 6.42 Å². The first kappa shape index (κ1) is 10.9. The number of aliphatic hydroxyl groups is 3. The van der Waals surface area contributed by atoms with Gasteiger partial charge >= 0.3 is 0 Å². The molecule has 1 heterocycles. The Balaban J connectivity index is 2.44. The van der Waals surface area contributed by atoms with Crippen molar-refractivity contribution in [1.82, 2.24) is 0 Å². The van der Waals surface area contributed by atoms with E-state index in [2.05, 4.69) is 0 Å². The summed E-state index contributed by atoms with van der Waals surface area (Å²) in [6, 6.07) is 0. The van der Waals surface area contributed by atoms with Crippen molar-refractivity contribution in [2.45, 2.75) is 37.9 Å². The summed E-state index contributed by atoms with van der Waals surface area (Å²) < 4.78 is 10.0. The molecule has 1 fully saturated rings. The minimum absolute atomic E-state index is 0.315. The highest BCUT2D eigenvalue weighted by Crippen LogP contribution is 2.22. The van der Waals surface area contributed by atoms with E-state index < -0.39 is 24.6 Å². The molecule has 0 saturated carbocycles. The minimum Gasteiger partial charge on any atom is -0.394 e. The van der Waals surface area contributed by atoms with Crippen molar-refractivity contribution in [3.8, 4) is 0 Å². The van der Waals surface area contributed by atoms with Crippen molar-refractivity contribution in [2.24, 2.45) is 0 Å². The van der Waals surface area contributed by atoms with E-state index in [-0.39, 0.29) is 6.61 Å². The molecule has 1 rings (SSSR count). The van der Waals surface area contributed by atoms with Crippen LogP contribution in [0.1, 0.15) is 13.3 Å². The molecule has 0 amide bonds. The van der Waals surface area contributed by atoms with E-state index in [1.165, 1.54) is 0 Å². The van der Waals surface area contributed by atoms with Crippen molar-refractivity contribution >= 4 is 0 Å². The van der Waals surface area contributed by atoms with Crippen molar-refractivity contribution in [2.75, 3.05) is 13.2 Å². The van der Waals surface area contributed by atoms with Crippen LogP contribution in [0, 0.1) is 0 Å². The van der Waals surface area contributed by atoms with E-state index in [9.17, 15) is 10.2 Å². The molecule has 1 saturated heterocycles. The Kier molecular flexibility index (Phi) is 4.08. The highest BCUT2D eigenvalue weighted by molar-refractivity contribution is 4.86. The van der Waals surface area contributed by atoms with Gasteiger partial charge < -0.3 is 24.8 Å². The van der Waals surface area contributed by atoms with E-state index in [1.807, 2.05) is 6.92 Å². The summed E-state index contributed by atoms with van der Waals surface area (Å²) in [6.07, 6.45) is -2.76. The van der Waals surface area contributed by atoms with Crippen molar-refractivity contribution < 1.29 is 24.8 Å². The fourth-order valence-electron chi connectivity index (χ4n) is 1.30.